The number of H-pyrrole nitrogens is 1. The van der Waals surface area contributed by atoms with Gasteiger partial charge >= 0.3 is 0 Å². The number of para-hydroxylation sites is 1. The number of hydrogen-bond acceptors (Lipinski definition) is 5. The van der Waals surface area contributed by atoms with Gasteiger partial charge in [-0.15, -0.1) is 0 Å². The Morgan fingerprint density at radius 2 is 1.69 bits per heavy atom. The Labute approximate surface area is 191 Å². The molecule has 0 bridgehead atoms. The van der Waals surface area contributed by atoms with Crippen molar-refractivity contribution in [2.24, 2.45) is 0 Å². The zero-order chi connectivity index (χ0) is 22.7. The quantitative estimate of drug-likeness (QED) is 0.582. The van der Waals surface area contributed by atoms with Gasteiger partial charge in [0, 0.05) is 44.7 Å². The number of piperazine rings is 1. The van der Waals surface area contributed by atoms with E-state index in [4.69, 9.17) is 12.2 Å². The first-order chi connectivity index (χ1) is 15.4. The second-order valence-corrected chi connectivity index (χ2v) is 8.20. The monoisotopic (exact) mass is 451 g/mol. The normalized spacial score (nSPS) is 13.9. The molecule has 1 aromatic heterocycles. The predicted molar refractivity (Wildman–Crippen MR) is 123 cm³/mol. The highest BCUT2D eigenvalue weighted by Gasteiger charge is 2.26. The summed E-state index contributed by atoms with van der Waals surface area (Å²) < 4.78 is 2.32. The molecule has 0 radical (unpaired) electrons. The van der Waals surface area contributed by atoms with Crippen LogP contribution >= 0.6 is 12.2 Å². The second kappa shape index (κ2) is 9.35. The lowest BCUT2D eigenvalue weighted by atomic mass is 10.1. The molecule has 1 aliphatic heterocycles. The van der Waals surface area contributed by atoms with Crippen LogP contribution in [0.2, 0.25) is 0 Å². The highest BCUT2D eigenvalue weighted by atomic mass is 32.1. The standard InChI is InChI=1S/C23H25N5O3S/c1-16-6-8-17(9-7-16)21-24-25-23(32)28(21)11-10-20(30)26-12-14-27(15-13-26)22(31)18-4-2-3-5-19(18)29/h2-9,29H,10-15H2,1H3,(H,25,32). The third kappa shape index (κ3) is 4.57. The third-order valence-electron chi connectivity index (χ3n) is 5.67. The highest BCUT2D eigenvalue weighted by Crippen LogP contribution is 2.20. The number of carbonyl (C=O) groups excluding carboxylic acids is 2. The Bertz CT molecular complexity index is 1180. The first-order valence-corrected chi connectivity index (χ1v) is 10.9. The van der Waals surface area contributed by atoms with Gasteiger partial charge in [-0.05, 0) is 31.3 Å². The number of nitrogens with one attached hydrogen (secondary N) is 1. The number of aromatic nitrogens is 3. The van der Waals surface area contributed by atoms with Crippen LogP contribution in [-0.4, -0.2) is 67.7 Å². The lowest BCUT2D eigenvalue weighted by Gasteiger charge is -2.35. The van der Waals surface area contributed by atoms with Crippen molar-refractivity contribution < 1.29 is 14.7 Å². The summed E-state index contributed by atoms with van der Waals surface area (Å²) in [4.78, 5) is 28.9. The zero-order valence-corrected chi connectivity index (χ0v) is 18.6. The van der Waals surface area contributed by atoms with Crippen LogP contribution in [0, 0.1) is 11.7 Å². The topological polar surface area (TPSA) is 94.5 Å². The molecule has 166 valence electrons. The van der Waals surface area contributed by atoms with Crippen molar-refractivity contribution in [3.05, 3.63) is 64.4 Å². The van der Waals surface area contributed by atoms with Gasteiger partial charge in [-0.1, -0.05) is 42.0 Å². The van der Waals surface area contributed by atoms with Crippen LogP contribution in [0.25, 0.3) is 11.4 Å². The van der Waals surface area contributed by atoms with Gasteiger partial charge in [0.15, 0.2) is 10.6 Å². The molecule has 2 N–H and O–H groups in total. The number of rotatable bonds is 5. The predicted octanol–water partition coefficient (Wildman–Crippen LogP) is 3.00. The van der Waals surface area contributed by atoms with Crippen LogP contribution in [0.5, 0.6) is 5.75 Å². The smallest absolute Gasteiger partial charge is 0.257 e. The molecule has 1 saturated heterocycles. The van der Waals surface area contributed by atoms with E-state index in [1.807, 2.05) is 35.8 Å². The van der Waals surface area contributed by atoms with E-state index < -0.39 is 0 Å². The molecule has 3 aromatic rings. The van der Waals surface area contributed by atoms with Gasteiger partial charge in [0.05, 0.1) is 5.56 Å². The van der Waals surface area contributed by atoms with Crippen molar-refractivity contribution in [3.63, 3.8) is 0 Å². The molecule has 2 aromatic carbocycles. The van der Waals surface area contributed by atoms with Crippen molar-refractivity contribution in [1.29, 1.82) is 0 Å². The van der Waals surface area contributed by atoms with E-state index in [2.05, 4.69) is 10.2 Å². The molecule has 1 aliphatic rings. The fourth-order valence-corrected chi connectivity index (χ4v) is 4.02. The molecule has 8 nitrogen and oxygen atoms in total. The fraction of sp³-hybridized carbons (Fsp3) is 0.304. The zero-order valence-electron chi connectivity index (χ0n) is 17.8. The third-order valence-corrected chi connectivity index (χ3v) is 5.98. The Hall–Kier alpha value is -3.46. The molecule has 9 heteroatoms. The average Bonchev–Trinajstić information content (AvgIpc) is 3.18. The van der Waals surface area contributed by atoms with Crippen LogP contribution in [0.1, 0.15) is 22.3 Å². The number of nitrogens with zero attached hydrogens (tertiary/aromatic N) is 4. The van der Waals surface area contributed by atoms with Gasteiger partial charge in [-0.3, -0.25) is 19.3 Å². The molecule has 4 rings (SSSR count). The summed E-state index contributed by atoms with van der Waals surface area (Å²) in [7, 11) is 0. The molecule has 0 saturated carbocycles. The van der Waals surface area contributed by atoms with E-state index in [-0.39, 0.29) is 23.1 Å². The van der Waals surface area contributed by atoms with Crippen LogP contribution in [-0.2, 0) is 11.3 Å². The van der Waals surface area contributed by atoms with E-state index >= 15 is 0 Å². The van der Waals surface area contributed by atoms with Gasteiger partial charge in [-0.2, -0.15) is 5.10 Å². The van der Waals surface area contributed by atoms with Crippen molar-refractivity contribution in [2.75, 3.05) is 26.2 Å². The highest BCUT2D eigenvalue weighted by molar-refractivity contribution is 7.71. The van der Waals surface area contributed by atoms with E-state index in [1.165, 1.54) is 6.07 Å². The van der Waals surface area contributed by atoms with Crippen LogP contribution in [0.3, 0.4) is 0 Å². The van der Waals surface area contributed by atoms with E-state index in [9.17, 15) is 14.7 Å². The molecule has 2 heterocycles. The average molecular weight is 452 g/mol. The Kier molecular flexibility index (Phi) is 6.36. The molecular formula is C23H25N5O3S. The van der Waals surface area contributed by atoms with Gasteiger partial charge in [0.25, 0.3) is 5.91 Å². The first-order valence-electron chi connectivity index (χ1n) is 10.5. The number of carbonyl (C=O) groups is 2. The van der Waals surface area contributed by atoms with Crippen molar-refractivity contribution in [1.82, 2.24) is 24.6 Å². The number of hydrogen-bond donors (Lipinski definition) is 2. The minimum Gasteiger partial charge on any atom is -0.507 e. The number of phenolic OH excluding ortho intramolecular Hbond substituents is 1. The summed E-state index contributed by atoms with van der Waals surface area (Å²) >= 11 is 5.36. The molecule has 0 atom stereocenters. The molecule has 0 aliphatic carbocycles. The Balaban J connectivity index is 1.35. The van der Waals surface area contributed by atoms with E-state index in [0.717, 1.165) is 11.1 Å². The maximum atomic E-state index is 12.8. The van der Waals surface area contributed by atoms with Crippen molar-refractivity contribution in [2.45, 2.75) is 19.9 Å². The van der Waals surface area contributed by atoms with Gasteiger partial charge in [0.1, 0.15) is 5.75 Å². The van der Waals surface area contributed by atoms with E-state index in [0.29, 0.717) is 49.7 Å². The SMILES string of the molecule is Cc1ccc(-c2n[nH]c(=S)n2CCC(=O)N2CCN(C(=O)c3ccccc3O)CC2)cc1. The molecule has 32 heavy (non-hydrogen) atoms. The van der Waals surface area contributed by atoms with E-state index in [1.54, 1.807) is 28.0 Å². The molecule has 0 unspecified atom stereocenters. The summed E-state index contributed by atoms with van der Waals surface area (Å²) in [6.45, 7) is 4.22. The Morgan fingerprint density at radius 3 is 2.38 bits per heavy atom. The molecule has 2 amide bonds. The maximum absolute atomic E-state index is 12.8. The van der Waals surface area contributed by atoms with Crippen LogP contribution in [0.15, 0.2) is 48.5 Å². The van der Waals surface area contributed by atoms with Crippen LogP contribution in [0.4, 0.5) is 0 Å². The van der Waals surface area contributed by atoms with Crippen molar-refractivity contribution in [3.8, 4) is 17.1 Å². The number of phenols is 1. The van der Waals surface area contributed by atoms with Gasteiger partial charge in [0.2, 0.25) is 5.91 Å². The van der Waals surface area contributed by atoms with Crippen molar-refractivity contribution >= 4 is 24.0 Å². The maximum Gasteiger partial charge on any atom is 0.257 e. The number of aromatic amines is 1. The summed E-state index contributed by atoms with van der Waals surface area (Å²) in [5.74, 6) is 0.471. The largest absolute Gasteiger partial charge is 0.507 e. The lowest BCUT2D eigenvalue weighted by Crippen LogP contribution is -2.50. The number of amides is 2. The number of aromatic hydroxyl groups is 1. The molecular weight excluding hydrogens is 426 g/mol. The first kappa shape index (κ1) is 21.8. The second-order valence-electron chi connectivity index (χ2n) is 7.81. The van der Waals surface area contributed by atoms with Crippen LogP contribution < -0.4 is 0 Å². The fourth-order valence-electron chi connectivity index (χ4n) is 3.80. The van der Waals surface area contributed by atoms with Gasteiger partial charge in [-0.25, -0.2) is 0 Å². The number of aryl methyl sites for hydroxylation is 1. The lowest BCUT2D eigenvalue weighted by molar-refractivity contribution is -0.132. The summed E-state index contributed by atoms with van der Waals surface area (Å²) in [5, 5.41) is 17.1. The minimum atomic E-state index is -0.220. The number of benzene rings is 2. The summed E-state index contributed by atoms with van der Waals surface area (Å²) in [6, 6.07) is 14.5. The summed E-state index contributed by atoms with van der Waals surface area (Å²) in [6.07, 6.45) is 0.292. The molecule has 1 fully saturated rings. The minimum absolute atomic E-state index is 0.0117. The van der Waals surface area contributed by atoms with Gasteiger partial charge < -0.3 is 14.9 Å². The molecule has 0 spiro atoms. The Morgan fingerprint density at radius 1 is 1.03 bits per heavy atom. The summed E-state index contributed by atoms with van der Waals surface area (Å²) in [5.41, 5.74) is 2.38.